The van der Waals surface area contributed by atoms with Crippen LogP contribution in [0.4, 0.5) is 5.82 Å². The summed E-state index contributed by atoms with van der Waals surface area (Å²) < 4.78 is 1.72. The van der Waals surface area contributed by atoms with Gasteiger partial charge in [-0.2, -0.15) is 5.10 Å². The SMILES string of the molecule is CCN(CC)C(N)=NCCNc1ncnc2c1cnn2C. The molecule has 21 heavy (non-hydrogen) atoms. The molecular formula is C13H22N8. The standard InChI is InChI=1S/C13H22N8/c1-4-21(5-2)13(14)16-7-6-15-11-10-8-19-20(3)12(10)18-9-17-11/h8-9H,4-7H2,1-3H3,(H2,14,16)(H,15,17,18). The van der Waals surface area contributed by atoms with E-state index in [-0.39, 0.29) is 0 Å². The van der Waals surface area contributed by atoms with Crippen LogP contribution in [0.25, 0.3) is 11.0 Å². The first-order valence-corrected chi connectivity index (χ1v) is 7.08. The predicted molar refractivity (Wildman–Crippen MR) is 84.2 cm³/mol. The third-order valence-corrected chi connectivity index (χ3v) is 3.29. The molecule has 0 saturated carbocycles. The van der Waals surface area contributed by atoms with Crippen LogP contribution in [0, 0.1) is 0 Å². The second-order valence-corrected chi connectivity index (χ2v) is 4.57. The average molecular weight is 290 g/mol. The Balaban J connectivity index is 1.95. The number of aryl methyl sites for hydroxylation is 1. The molecule has 0 fully saturated rings. The van der Waals surface area contributed by atoms with E-state index in [9.17, 15) is 0 Å². The van der Waals surface area contributed by atoms with Crippen LogP contribution < -0.4 is 11.1 Å². The number of aromatic nitrogens is 4. The zero-order valence-electron chi connectivity index (χ0n) is 12.7. The van der Waals surface area contributed by atoms with Crippen LogP contribution in [-0.4, -0.2) is 56.8 Å². The minimum Gasteiger partial charge on any atom is -0.370 e. The van der Waals surface area contributed by atoms with E-state index in [1.54, 1.807) is 10.9 Å². The molecular weight excluding hydrogens is 268 g/mol. The number of rotatable bonds is 6. The maximum absolute atomic E-state index is 5.92. The number of fused-ring (bicyclic) bond motifs is 1. The van der Waals surface area contributed by atoms with Crippen molar-refractivity contribution in [1.82, 2.24) is 24.6 Å². The van der Waals surface area contributed by atoms with E-state index in [2.05, 4.69) is 39.2 Å². The molecule has 0 saturated heterocycles. The van der Waals surface area contributed by atoms with Gasteiger partial charge in [-0.15, -0.1) is 0 Å². The van der Waals surface area contributed by atoms with Gasteiger partial charge in [-0.1, -0.05) is 0 Å². The molecule has 0 amide bonds. The summed E-state index contributed by atoms with van der Waals surface area (Å²) in [7, 11) is 1.86. The molecule has 2 aromatic rings. The van der Waals surface area contributed by atoms with Gasteiger partial charge in [-0.05, 0) is 13.8 Å². The lowest BCUT2D eigenvalue weighted by atomic mass is 10.4. The lowest BCUT2D eigenvalue weighted by molar-refractivity contribution is 0.458. The molecule has 2 aromatic heterocycles. The van der Waals surface area contributed by atoms with Crippen LogP contribution in [0.3, 0.4) is 0 Å². The molecule has 8 heteroatoms. The van der Waals surface area contributed by atoms with Gasteiger partial charge in [0.1, 0.15) is 12.1 Å². The summed E-state index contributed by atoms with van der Waals surface area (Å²) in [6, 6.07) is 0. The van der Waals surface area contributed by atoms with E-state index >= 15 is 0 Å². The third-order valence-electron chi connectivity index (χ3n) is 3.29. The maximum atomic E-state index is 5.92. The van der Waals surface area contributed by atoms with Gasteiger partial charge < -0.3 is 16.0 Å². The van der Waals surface area contributed by atoms with E-state index < -0.39 is 0 Å². The quantitative estimate of drug-likeness (QED) is 0.455. The van der Waals surface area contributed by atoms with Gasteiger partial charge in [0.15, 0.2) is 11.6 Å². The number of nitrogens with two attached hydrogens (primary N) is 1. The van der Waals surface area contributed by atoms with Crippen LogP contribution in [-0.2, 0) is 7.05 Å². The van der Waals surface area contributed by atoms with E-state index in [0.717, 1.165) is 29.9 Å². The topological polar surface area (TPSA) is 97.2 Å². The third kappa shape index (κ3) is 3.39. The zero-order chi connectivity index (χ0) is 15.2. The second-order valence-electron chi connectivity index (χ2n) is 4.57. The monoisotopic (exact) mass is 290 g/mol. The van der Waals surface area contributed by atoms with Crippen molar-refractivity contribution < 1.29 is 0 Å². The Bertz CT molecular complexity index is 614. The molecule has 2 heterocycles. The minimum absolute atomic E-state index is 0.580. The number of nitrogens with zero attached hydrogens (tertiary/aromatic N) is 6. The van der Waals surface area contributed by atoms with Crippen LogP contribution in [0.5, 0.6) is 0 Å². The lowest BCUT2D eigenvalue weighted by Gasteiger charge is -2.19. The van der Waals surface area contributed by atoms with Crippen molar-refractivity contribution >= 4 is 22.8 Å². The molecule has 0 aliphatic carbocycles. The van der Waals surface area contributed by atoms with Crippen molar-refractivity contribution in [3.63, 3.8) is 0 Å². The molecule has 0 radical (unpaired) electrons. The highest BCUT2D eigenvalue weighted by Crippen LogP contribution is 2.17. The molecule has 3 N–H and O–H groups in total. The number of aliphatic imine (C=N–C) groups is 1. The van der Waals surface area contributed by atoms with Crippen LogP contribution >= 0.6 is 0 Å². The first-order valence-electron chi connectivity index (χ1n) is 7.08. The smallest absolute Gasteiger partial charge is 0.191 e. The molecule has 2 rings (SSSR count). The molecule has 0 bridgehead atoms. The summed E-state index contributed by atoms with van der Waals surface area (Å²) in [4.78, 5) is 14.8. The Morgan fingerprint density at radius 2 is 2.14 bits per heavy atom. The van der Waals surface area contributed by atoms with E-state index in [1.807, 2.05) is 11.9 Å². The van der Waals surface area contributed by atoms with Gasteiger partial charge in [-0.3, -0.25) is 9.67 Å². The van der Waals surface area contributed by atoms with E-state index in [4.69, 9.17) is 5.73 Å². The van der Waals surface area contributed by atoms with Crippen molar-refractivity contribution in [3.8, 4) is 0 Å². The molecule has 114 valence electrons. The normalized spacial score (nSPS) is 11.9. The molecule has 0 spiro atoms. The number of hydrogen-bond donors (Lipinski definition) is 2. The fourth-order valence-electron chi connectivity index (χ4n) is 2.10. The van der Waals surface area contributed by atoms with Crippen molar-refractivity contribution in [3.05, 3.63) is 12.5 Å². The average Bonchev–Trinajstić information content (AvgIpc) is 2.87. The number of nitrogens with one attached hydrogen (secondary N) is 1. The van der Waals surface area contributed by atoms with Gasteiger partial charge in [-0.25, -0.2) is 9.97 Å². The molecule has 0 aliphatic rings. The van der Waals surface area contributed by atoms with Crippen molar-refractivity contribution in [2.45, 2.75) is 13.8 Å². The Kier molecular flexibility index (Phi) is 4.91. The number of hydrogen-bond acceptors (Lipinski definition) is 5. The fraction of sp³-hybridized carbons (Fsp3) is 0.538. The van der Waals surface area contributed by atoms with Gasteiger partial charge >= 0.3 is 0 Å². The highest BCUT2D eigenvalue weighted by molar-refractivity contribution is 5.86. The molecule has 0 unspecified atom stereocenters. The zero-order valence-corrected chi connectivity index (χ0v) is 12.7. The predicted octanol–water partition coefficient (Wildman–Crippen LogP) is 0.432. The summed E-state index contributed by atoms with van der Waals surface area (Å²) in [6.07, 6.45) is 3.28. The van der Waals surface area contributed by atoms with E-state index in [0.29, 0.717) is 19.0 Å². The Morgan fingerprint density at radius 3 is 2.86 bits per heavy atom. The van der Waals surface area contributed by atoms with Crippen LogP contribution in [0.1, 0.15) is 13.8 Å². The van der Waals surface area contributed by atoms with Gasteiger partial charge in [0, 0.05) is 26.7 Å². The lowest BCUT2D eigenvalue weighted by Crippen LogP contribution is -2.37. The van der Waals surface area contributed by atoms with Crippen LogP contribution in [0.2, 0.25) is 0 Å². The second kappa shape index (κ2) is 6.87. The van der Waals surface area contributed by atoms with Crippen LogP contribution in [0.15, 0.2) is 17.5 Å². The summed E-state index contributed by atoms with van der Waals surface area (Å²) in [5.74, 6) is 1.35. The first kappa shape index (κ1) is 15.0. The van der Waals surface area contributed by atoms with Gasteiger partial charge in [0.2, 0.25) is 0 Å². The fourth-order valence-corrected chi connectivity index (χ4v) is 2.10. The molecule has 0 atom stereocenters. The molecule has 0 aromatic carbocycles. The Morgan fingerprint density at radius 1 is 1.38 bits per heavy atom. The van der Waals surface area contributed by atoms with Gasteiger partial charge in [0.25, 0.3) is 0 Å². The summed E-state index contributed by atoms with van der Waals surface area (Å²) >= 11 is 0. The maximum Gasteiger partial charge on any atom is 0.191 e. The highest BCUT2D eigenvalue weighted by atomic mass is 15.3. The summed E-state index contributed by atoms with van der Waals surface area (Å²) in [5, 5.41) is 8.33. The van der Waals surface area contributed by atoms with Crippen molar-refractivity contribution in [2.24, 2.45) is 17.8 Å². The van der Waals surface area contributed by atoms with E-state index in [1.165, 1.54) is 6.33 Å². The highest BCUT2D eigenvalue weighted by Gasteiger charge is 2.07. The number of anilines is 1. The summed E-state index contributed by atoms with van der Waals surface area (Å²) in [5.41, 5.74) is 6.73. The minimum atomic E-state index is 0.580. The first-order chi connectivity index (χ1) is 10.2. The summed E-state index contributed by atoms with van der Waals surface area (Å²) in [6.45, 7) is 7.09. The largest absolute Gasteiger partial charge is 0.370 e. The Hall–Kier alpha value is -2.38. The van der Waals surface area contributed by atoms with Gasteiger partial charge in [0.05, 0.1) is 18.1 Å². The molecule has 0 aliphatic heterocycles. The van der Waals surface area contributed by atoms with Crippen molar-refractivity contribution in [1.29, 1.82) is 0 Å². The van der Waals surface area contributed by atoms with Crippen molar-refractivity contribution in [2.75, 3.05) is 31.5 Å². The Labute approximate surface area is 124 Å². The number of guanidine groups is 1. The molecule has 8 nitrogen and oxygen atoms in total.